The maximum atomic E-state index is 15.9. The van der Waals surface area contributed by atoms with E-state index in [0.29, 0.717) is 0 Å². The molecule has 9 heteroatoms. The Morgan fingerprint density at radius 2 is 2.00 bits per heavy atom. The van der Waals surface area contributed by atoms with E-state index >= 15 is 8.78 Å². The molecule has 0 spiro atoms. The fourth-order valence-corrected chi connectivity index (χ4v) is 4.05. The number of carbonyl (C=O) groups is 1. The molecule has 3 rings (SSSR count). The Kier molecular flexibility index (Phi) is 5.43. The number of halogens is 3. The molecule has 0 bridgehead atoms. The average Bonchev–Trinajstić information content (AvgIpc) is 2.91. The first-order valence-electron chi connectivity index (χ1n) is 8.24. The summed E-state index contributed by atoms with van der Waals surface area (Å²) in [7, 11) is 0. The number of aromatic amines is 1. The van der Waals surface area contributed by atoms with Gasteiger partial charge >= 0.3 is 11.7 Å². The van der Waals surface area contributed by atoms with Crippen molar-refractivity contribution in [2.45, 2.75) is 29.9 Å². The number of ether oxygens (including phenoxy) is 1. The number of rotatable bonds is 4. The van der Waals surface area contributed by atoms with Gasteiger partial charge in [0.2, 0.25) is 5.67 Å². The second kappa shape index (κ2) is 7.50. The second-order valence-corrected chi connectivity index (χ2v) is 7.23. The number of benzene rings is 1. The molecule has 0 aliphatic heterocycles. The zero-order valence-electron chi connectivity index (χ0n) is 14.4. The van der Waals surface area contributed by atoms with E-state index in [2.05, 4.69) is 0 Å². The summed E-state index contributed by atoms with van der Waals surface area (Å²) in [5.41, 5.74) is -6.61. The van der Waals surface area contributed by atoms with E-state index in [9.17, 15) is 14.4 Å². The van der Waals surface area contributed by atoms with Gasteiger partial charge in [-0.3, -0.25) is 14.3 Å². The van der Waals surface area contributed by atoms with Crippen molar-refractivity contribution in [1.29, 1.82) is 0 Å². The molecule has 28 heavy (non-hydrogen) atoms. The highest BCUT2D eigenvalue weighted by Gasteiger charge is 2.67. The SMILES string of the molecule is C#C[C@@]1(F)[C@H](OC(=O)c2ccccc2)[C@@](F)(CI)C[C@H]1n1ccc(=O)[nH]c1=O. The van der Waals surface area contributed by atoms with E-state index in [1.165, 1.54) is 12.1 Å². The summed E-state index contributed by atoms with van der Waals surface area (Å²) in [4.78, 5) is 37.8. The van der Waals surface area contributed by atoms with Crippen LogP contribution in [0.15, 0.2) is 52.2 Å². The molecule has 1 saturated carbocycles. The van der Waals surface area contributed by atoms with Gasteiger partial charge in [0, 0.05) is 23.1 Å². The number of nitrogens with one attached hydrogen (secondary N) is 1. The maximum Gasteiger partial charge on any atom is 0.338 e. The Balaban J connectivity index is 2.05. The van der Waals surface area contributed by atoms with Crippen molar-refractivity contribution in [2.75, 3.05) is 4.43 Å². The Labute approximate surface area is 172 Å². The summed E-state index contributed by atoms with van der Waals surface area (Å²) in [5, 5.41) is 0. The van der Waals surface area contributed by atoms with Crippen molar-refractivity contribution in [1.82, 2.24) is 9.55 Å². The third-order valence-corrected chi connectivity index (χ3v) is 6.00. The fraction of sp³-hybridized carbons (Fsp3) is 0.316. The summed E-state index contributed by atoms with van der Waals surface area (Å²) < 4.78 is 37.3. The number of nitrogens with zero attached hydrogens (tertiary/aromatic N) is 1. The predicted octanol–water partition coefficient (Wildman–Crippen LogP) is 2.19. The summed E-state index contributed by atoms with van der Waals surface area (Å²) in [5.74, 6) is 0.962. The number of hydrogen-bond acceptors (Lipinski definition) is 4. The average molecular weight is 500 g/mol. The minimum atomic E-state index is -2.80. The van der Waals surface area contributed by atoms with Crippen LogP contribution >= 0.6 is 22.6 Å². The molecule has 1 aromatic heterocycles. The zero-order valence-corrected chi connectivity index (χ0v) is 16.6. The minimum Gasteiger partial charge on any atom is -0.451 e. The molecule has 1 fully saturated rings. The van der Waals surface area contributed by atoms with E-state index in [0.717, 1.165) is 16.8 Å². The lowest BCUT2D eigenvalue weighted by Gasteiger charge is -2.31. The van der Waals surface area contributed by atoms with Gasteiger partial charge in [0.1, 0.15) is 0 Å². The van der Waals surface area contributed by atoms with Crippen LogP contribution in [0.3, 0.4) is 0 Å². The second-order valence-electron chi connectivity index (χ2n) is 6.47. The highest BCUT2D eigenvalue weighted by Crippen LogP contribution is 2.51. The topological polar surface area (TPSA) is 81.2 Å². The van der Waals surface area contributed by atoms with E-state index < -0.39 is 47.1 Å². The van der Waals surface area contributed by atoms with Gasteiger partial charge in [0.25, 0.3) is 5.56 Å². The fourth-order valence-electron chi connectivity index (χ4n) is 3.34. The first-order valence-corrected chi connectivity index (χ1v) is 9.77. The van der Waals surface area contributed by atoms with Crippen molar-refractivity contribution in [2.24, 2.45) is 0 Å². The predicted molar refractivity (Wildman–Crippen MR) is 106 cm³/mol. The van der Waals surface area contributed by atoms with Crippen molar-refractivity contribution in [3.8, 4) is 12.3 Å². The molecule has 1 aromatic carbocycles. The number of alkyl halides is 3. The molecule has 4 atom stereocenters. The molecule has 1 aliphatic rings. The molecule has 1 N–H and O–H groups in total. The molecule has 2 aromatic rings. The van der Waals surface area contributed by atoms with Crippen LogP contribution in [0.5, 0.6) is 0 Å². The van der Waals surface area contributed by atoms with Gasteiger partial charge in [0.05, 0.1) is 11.6 Å². The van der Waals surface area contributed by atoms with Gasteiger partial charge in [-0.1, -0.05) is 46.7 Å². The Hall–Kier alpha value is -2.48. The highest BCUT2D eigenvalue weighted by molar-refractivity contribution is 14.1. The lowest BCUT2D eigenvalue weighted by molar-refractivity contribution is -0.0531. The van der Waals surface area contributed by atoms with Crippen molar-refractivity contribution < 1.29 is 18.3 Å². The minimum absolute atomic E-state index is 0.113. The van der Waals surface area contributed by atoms with Crippen molar-refractivity contribution in [3.05, 3.63) is 69.0 Å². The van der Waals surface area contributed by atoms with E-state index in [1.807, 2.05) is 10.9 Å². The highest BCUT2D eigenvalue weighted by atomic mass is 127. The summed E-state index contributed by atoms with van der Waals surface area (Å²) >= 11 is 1.71. The van der Waals surface area contributed by atoms with Gasteiger partial charge in [0.15, 0.2) is 11.8 Å². The molecule has 6 nitrogen and oxygen atoms in total. The lowest BCUT2D eigenvalue weighted by atomic mass is 9.95. The normalized spacial score (nSPS) is 29.2. The Morgan fingerprint density at radius 3 is 2.57 bits per heavy atom. The summed E-state index contributed by atoms with van der Waals surface area (Å²) in [6, 6.07) is 7.27. The lowest BCUT2D eigenvalue weighted by Crippen LogP contribution is -2.50. The van der Waals surface area contributed by atoms with Crippen LogP contribution in [0.25, 0.3) is 0 Å². The number of H-pyrrole nitrogens is 1. The van der Waals surface area contributed by atoms with Crippen LogP contribution in [-0.4, -0.2) is 37.4 Å². The summed E-state index contributed by atoms with van der Waals surface area (Å²) in [6.07, 6.45) is 4.00. The van der Waals surface area contributed by atoms with Crippen molar-refractivity contribution in [3.63, 3.8) is 0 Å². The molecule has 0 unspecified atom stereocenters. The van der Waals surface area contributed by atoms with E-state index in [4.69, 9.17) is 11.2 Å². The molecule has 146 valence electrons. The standard InChI is InChI=1S/C19H15F2IN2O4/c1-2-19(21)13(24-9-8-14(25)23-17(24)27)10-18(20,11-22)16(19)28-15(26)12-6-4-3-5-7-12/h1,3-9,13,16H,10-11H2,(H,23,25,27)/t13-,16-,18+,19+/m1/s1. The number of terminal acetylenes is 1. The molecule has 0 amide bonds. The largest absolute Gasteiger partial charge is 0.451 e. The van der Waals surface area contributed by atoms with Gasteiger partial charge in [-0.2, -0.15) is 0 Å². The molecule has 0 radical (unpaired) electrons. The molecular formula is C19H15F2IN2O4. The quantitative estimate of drug-likeness (QED) is 0.302. The van der Waals surface area contributed by atoms with Crippen LogP contribution in [-0.2, 0) is 4.74 Å². The van der Waals surface area contributed by atoms with Crippen LogP contribution in [0.2, 0.25) is 0 Å². The molecule has 0 saturated heterocycles. The monoisotopic (exact) mass is 500 g/mol. The maximum absolute atomic E-state index is 15.9. The first kappa shape index (κ1) is 20.3. The number of hydrogen-bond donors (Lipinski definition) is 1. The van der Waals surface area contributed by atoms with Crippen LogP contribution < -0.4 is 11.2 Å². The molecule has 1 aliphatic carbocycles. The smallest absolute Gasteiger partial charge is 0.338 e. The van der Waals surface area contributed by atoms with Gasteiger partial charge < -0.3 is 4.74 Å². The third-order valence-electron chi connectivity index (χ3n) is 4.73. The number of aromatic nitrogens is 2. The zero-order chi connectivity index (χ0) is 20.5. The first-order chi connectivity index (χ1) is 13.2. The Bertz CT molecular complexity index is 1050. The van der Waals surface area contributed by atoms with Crippen molar-refractivity contribution >= 4 is 28.6 Å². The Morgan fingerprint density at radius 1 is 1.32 bits per heavy atom. The van der Waals surface area contributed by atoms with Crippen LogP contribution in [0.1, 0.15) is 22.8 Å². The van der Waals surface area contributed by atoms with Gasteiger partial charge in [-0.15, -0.1) is 6.42 Å². The van der Waals surface area contributed by atoms with Gasteiger partial charge in [-0.05, 0) is 12.1 Å². The van der Waals surface area contributed by atoms with E-state index in [1.54, 1.807) is 40.8 Å². The number of carbonyl (C=O) groups excluding carboxylic acids is 1. The van der Waals surface area contributed by atoms with Crippen LogP contribution in [0, 0.1) is 12.3 Å². The molecular weight excluding hydrogens is 485 g/mol. The van der Waals surface area contributed by atoms with Crippen LogP contribution in [0.4, 0.5) is 8.78 Å². The van der Waals surface area contributed by atoms with E-state index in [-0.39, 0.29) is 9.99 Å². The van der Waals surface area contributed by atoms with Gasteiger partial charge in [-0.25, -0.2) is 18.4 Å². The summed E-state index contributed by atoms with van der Waals surface area (Å²) in [6.45, 7) is 0. The molecule has 1 heterocycles. The third kappa shape index (κ3) is 3.37. The number of esters is 1.